The van der Waals surface area contributed by atoms with E-state index in [4.69, 9.17) is 9.47 Å². The van der Waals surface area contributed by atoms with E-state index in [0.29, 0.717) is 34.7 Å². The predicted octanol–water partition coefficient (Wildman–Crippen LogP) is 6.10. The number of allylic oxidation sites excluding steroid dienone is 1. The number of rotatable bonds is 0. The Balaban J connectivity index is 1.30. The molecule has 4 aliphatic carbocycles. The van der Waals surface area contributed by atoms with Gasteiger partial charge < -0.3 is 14.6 Å². The second kappa shape index (κ2) is 6.83. The number of hydrogen-bond acceptors (Lipinski definition) is 3. The highest BCUT2D eigenvalue weighted by atomic mass is 16.7. The maximum atomic E-state index is 10.4. The van der Waals surface area contributed by atoms with Crippen molar-refractivity contribution in [3.63, 3.8) is 0 Å². The molecule has 2 heterocycles. The van der Waals surface area contributed by atoms with Crippen LogP contribution in [-0.2, 0) is 9.47 Å². The molecule has 2 saturated heterocycles. The standard InChI is InChI=1S/C28H44O3/c1-16-6-11-28(30-15-16)18(3)25-24(31-28)14-23-20-12-17(2)22-13-19(29)7-9-26(22,4)21(20)8-10-27(23,25)5/h16,18-21,23-25,29H,6-15H2,1-5H3/t16-,18+,19+,20-,21+,23+,24+,25+,26-,27+,28-/m0/s1. The van der Waals surface area contributed by atoms with Crippen molar-refractivity contribution in [2.75, 3.05) is 6.61 Å². The summed E-state index contributed by atoms with van der Waals surface area (Å²) in [5.41, 5.74) is 3.95. The quantitative estimate of drug-likeness (QED) is 0.474. The lowest BCUT2D eigenvalue weighted by Gasteiger charge is -2.59. The van der Waals surface area contributed by atoms with Crippen LogP contribution in [0.3, 0.4) is 0 Å². The van der Waals surface area contributed by atoms with E-state index in [1.807, 2.05) is 0 Å². The van der Waals surface area contributed by atoms with Crippen molar-refractivity contribution in [2.24, 2.45) is 46.3 Å². The Morgan fingerprint density at radius 3 is 2.52 bits per heavy atom. The van der Waals surface area contributed by atoms with Crippen molar-refractivity contribution in [1.82, 2.24) is 0 Å². The summed E-state index contributed by atoms with van der Waals surface area (Å²) < 4.78 is 13.4. The van der Waals surface area contributed by atoms with Crippen LogP contribution in [0.2, 0.25) is 0 Å². The summed E-state index contributed by atoms with van der Waals surface area (Å²) in [6.45, 7) is 13.2. The zero-order valence-corrected chi connectivity index (χ0v) is 20.5. The number of hydrogen-bond donors (Lipinski definition) is 1. The lowest BCUT2D eigenvalue weighted by molar-refractivity contribution is -0.272. The average Bonchev–Trinajstić information content (AvgIpc) is 3.17. The molecule has 1 spiro atoms. The molecule has 31 heavy (non-hydrogen) atoms. The Kier molecular flexibility index (Phi) is 4.66. The molecule has 0 bridgehead atoms. The Morgan fingerprint density at radius 1 is 0.968 bits per heavy atom. The molecule has 0 aromatic carbocycles. The second-order valence-electron chi connectivity index (χ2n) is 13.2. The third kappa shape index (κ3) is 2.75. The second-order valence-corrected chi connectivity index (χ2v) is 13.2. The zero-order valence-electron chi connectivity index (χ0n) is 20.5. The molecule has 0 radical (unpaired) electrons. The number of fused-ring (bicyclic) bond motifs is 7. The minimum Gasteiger partial charge on any atom is -0.393 e. The first kappa shape index (κ1) is 21.2. The Hall–Kier alpha value is -0.380. The van der Waals surface area contributed by atoms with Crippen LogP contribution in [-0.4, -0.2) is 29.7 Å². The molecule has 6 aliphatic rings. The third-order valence-corrected chi connectivity index (χ3v) is 11.7. The van der Waals surface area contributed by atoms with E-state index >= 15 is 0 Å². The summed E-state index contributed by atoms with van der Waals surface area (Å²) in [6, 6.07) is 0. The van der Waals surface area contributed by atoms with Gasteiger partial charge in [-0.25, -0.2) is 0 Å². The van der Waals surface area contributed by atoms with Gasteiger partial charge in [0.2, 0.25) is 0 Å². The minimum absolute atomic E-state index is 0.113. The molecule has 0 aromatic rings. The highest BCUT2D eigenvalue weighted by molar-refractivity contribution is 5.31. The van der Waals surface area contributed by atoms with Crippen molar-refractivity contribution in [3.05, 3.63) is 11.1 Å². The number of ether oxygens (including phenoxy) is 2. The van der Waals surface area contributed by atoms with E-state index in [-0.39, 0.29) is 11.9 Å². The summed E-state index contributed by atoms with van der Waals surface area (Å²) in [4.78, 5) is 0. The topological polar surface area (TPSA) is 38.7 Å². The molecule has 0 amide bonds. The van der Waals surface area contributed by atoms with E-state index in [1.54, 1.807) is 11.1 Å². The smallest absolute Gasteiger partial charge is 0.171 e. The van der Waals surface area contributed by atoms with Gasteiger partial charge >= 0.3 is 0 Å². The molecular weight excluding hydrogens is 384 g/mol. The summed E-state index contributed by atoms with van der Waals surface area (Å²) in [6.07, 6.45) is 10.9. The molecule has 11 atom stereocenters. The lowest BCUT2D eigenvalue weighted by atomic mass is 9.46. The highest BCUT2D eigenvalue weighted by Crippen LogP contribution is 2.71. The predicted molar refractivity (Wildman–Crippen MR) is 122 cm³/mol. The van der Waals surface area contributed by atoms with Gasteiger partial charge in [0.1, 0.15) is 0 Å². The van der Waals surface area contributed by atoms with Crippen molar-refractivity contribution >= 4 is 0 Å². The largest absolute Gasteiger partial charge is 0.393 e. The van der Waals surface area contributed by atoms with Crippen LogP contribution >= 0.6 is 0 Å². The Bertz CT molecular complexity index is 779. The van der Waals surface area contributed by atoms with Gasteiger partial charge in [0.05, 0.1) is 18.8 Å². The molecule has 174 valence electrons. The van der Waals surface area contributed by atoms with Gasteiger partial charge in [-0.15, -0.1) is 0 Å². The minimum atomic E-state index is -0.298. The lowest BCUT2D eigenvalue weighted by Crippen LogP contribution is -2.53. The molecule has 3 saturated carbocycles. The van der Waals surface area contributed by atoms with Crippen molar-refractivity contribution in [1.29, 1.82) is 0 Å². The first-order valence-electron chi connectivity index (χ1n) is 13.4. The van der Waals surface area contributed by atoms with Crippen LogP contribution in [0, 0.1) is 46.3 Å². The maximum Gasteiger partial charge on any atom is 0.171 e. The molecular formula is C28H44O3. The fraction of sp³-hybridized carbons (Fsp3) is 0.929. The first-order chi connectivity index (χ1) is 14.7. The Labute approximate surface area is 189 Å². The Morgan fingerprint density at radius 2 is 1.77 bits per heavy atom. The van der Waals surface area contributed by atoms with Crippen LogP contribution in [0.5, 0.6) is 0 Å². The average molecular weight is 429 g/mol. The van der Waals surface area contributed by atoms with Crippen LogP contribution in [0.15, 0.2) is 11.1 Å². The van der Waals surface area contributed by atoms with Crippen LogP contribution in [0.1, 0.15) is 92.4 Å². The normalized spacial score (nSPS) is 58.6. The van der Waals surface area contributed by atoms with Gasteiger partial charge in [0, 0.05) is 12.3 Å². The molecule has 0 unspecified atom stereocenters. The molecule has 2 aliphatic heterocycles. The molecule has 5 fully saturated rings. The first-order valence-corrected chi connectivity index (χ1v) is 13.4. The van der Waals surface area contributed by atoms with Gasteiger partial charge in [-0.2, -0.15) is 0 Å². The molecule has 3 heteroatoms. The SMILES string of the molecule is CC1=C2C[C@H](O)CC[C@@]2(C)[C@@H]2CC[C@@]3(C)[C@@H]4[C@@H](C)[C@]5(CC[C@H](C)CO5)O[C@@H]4C[C@@H]3[C@H]2C1. The van der Waals surface area contributed by atoms with Gasteiger partial charge in [0.15, 0.2) is 5.79 Å². The van der Waals surface area contributed by atoms with E-state index in [1.165, 1.54) is 38.5 Å². The van der Waals surface area contributed by atoms with Gasteiger partial charge in [-0.1, -0.05) is 38.8 Å². The summed E-state index contributed by atoms with van der Waals surface area (Å²) in [5.74, 6) is 3.91. The number of aliphatic hydroxyl groups is 1. The fourth-order valence-electron chi connectivity index (χ4n) is 10.1. The van der Waals surface area contributed by atoms with Gasteiger partial charge in [-0.05, 0) is 98.7 Å². The zero-order chi connectivity index (χ0) is 21.8. The monoisotopic (exact) mass is 428 g/mol. The fourth-order valence-corrected chi connectivity index (χ4v) is 10.1. The van der Waals surface area contributed by atoms with Crippen LogP contribution < -0.4 is 0 Å². The van der Waals surface area contributed by atoms with E-state index in [9.17, 15) is 5.11 Å². The van der Waals surface area contributed by atoms with E-state index in [2.05, 4.69) is 34.6 Å². The summed E-state index contributed by atoms with van der Waals surface area (Å²) >= 11 is 0. The van der Waals surface area contributed by atoms with Gasteiger partial charge in [-0.3, -0.25) is 0 Å². The van der Waals surface area contributed by atoms with Crippen LogP contribution in [0.4, 0.5) is 0 Å². The molecule has 0 aromatic heterocycles. The number of aliphatic hydroxyl groups excluding tert-OH is 1. The van der Waals surface area contributed by atoms with Crippen molar-refractivity contribution in [2.45, 2.75) is 110 Å². The van der Waals surface area contributed by atoms with E-state index < -0.39 is 0 Å². The third-order valence-electron chi connectivity index (χ3n) is 11.7. The van der Waals surface area contributed by atoms with Crippen LogP contribution in [0.25, 0.3) is 0 Å². The highest BCUT2D eigenvalue weighted by Gasteiger charge is 2.68. The summed E-state index contributed by atoms with van der Waals surface area (Å²) in [7, 11) is 0. The van der Waals surface area contributed by atoms with Crippen molar-refractivity contribution in [3.8, 4) is 0 Å². The molecule has 1 N–H and O–H groups in total. The van der Waals surface area contributed by atoms with Gasteiger partial charge in [0.25, 0.3) is 0 Å². The molecule has 3 nitrogen and oxygen atoms in total. The van der Waals surface area contributed by atoms with E-state index in [0.717, 1.165) is 43.6 Å². The van der Waals surface area contributed by atoms with Crippen molar-refractivity contribution < 1.29 is 14.6 Å². The molecule has 6 rings (SSSR count). The summed E-state index contributed by atoms with van der Waals surface area (Å²) in [5, 5.41) is 10.4. The maximum absolute atomic E-state index is 10.4.